The van der Waals surface area contributed by atoms with E-state index in [-0.39, 0.29) is 5.48 Å². The minimum atomic E-state index is 0. The lowest BCUT2D eigenvalue weighted by molar-refractivity contribution is 0.265. The van der Waals surface area contributed by atoms with Crippen molar-refractivity contribution in [2.75, 3.05) is 19.6 Å². The van der Waals surface area contributed by atoms with Crippen LogP contribution in [-0.4, -0.2) is 25.1 Å². The Hall–Kier alpha value is -0.860. The van der Waals surface area contributed by atoms with Gasteiger partial charge in [-0.2, -0.15) is 0 Å². The van der Waals surface area contributed by atoms with Crippen molar-refractivity contribution in [1.82, 2.24) is 4.48 Å². The number of para-hydroxylation sites is 1. The number of benzene rings is 1. The largest absolute Gasteiger partial charge is 0.870 e. The second-order valence-corrected chi connectivity index (χ2v) is 8.54. The summed E-state index contributed by atoms with van der Waals surface area (Å²) in [6.07, 6.45) is 19.8. The van der Waals surface area contributed by atoms with Gasteiger partial charge < -0.3 is 5.48 Å². The molecule has 0 amide bonds. The van der Waals surface area contributed by atoms with Gasteiger partial charge in [-0.3, -0.25) is 4.48 Å². The van der Waals surface area contributed by atoms with Gasteiger partial charge in [0.1, 0.15) is 5.69 Å². The van der Waals surface area contributed by atoms with Gasteiger partial charge >= 0.3 is 0 Å². The Bertz CT molecular complexity index is 425. The van der Waals surface area contributed by atoms with E-state index >= 15 is 0 Å². The van der Waals surface area contributed by atoms with Gasteiger partial charge in [-0.25, -0.2) is 0 Å². The van der Waals surface area contributed by atoms with Gasteiger partial charge in [-0.15, -0.1) is 0 Å². The Labute approximate surface area is 176 Å². The third kappa shape index (κ3) is 11.2. The highest BCUT2D eigenvalue weighted by Crippen LogP contribution is 2.25. The quantitative estimate of drug-likeness (QED) is 0.183. The van der Waals surface area contributed by atoms with Crippen LogP contribution in [0.2, 0.25) is 0 Å². The van der Waals surface area contributed by atoms with Crippen LogP contribution in [0.3, 0.4) is 0 Å². The first kappa shape index (κ1) is 27.1. The summed E-state index contributed by atoms with van der Waals surface area (Å²) in [5.41, 5.74) is 1.53. The zero-order chi connectivity index (χ0) is 19.6. The molecule has 2 nitrogen and oxygen atoms in total. The van der Waals surface area contributed by atoms with Crippen molar-refractivity contribution in [2.45, 2.75) is 111 Å². The summed E-state index contributed by atoms with van der Waals surface area (Å²) in [6.45, 7) is 10.9. The maximum Gasteiger partial charge on any atom is 0.132 e. The van der Waals surface area contributed by atoms with Gasteiger partial charge in [0.25, 0.3) is 0 Å². The van der Waals surface area contributed by atoms with Crippen LogP contribution in [0, 0.1) is 0 Å². The Morgan fingerprint density at radius 3 is 1.36 bits per heavy atom. The van der Waals surface area contributed by atoms with E-state index in [2.05, 4.69) is 51.1 Å². The second-order valence-electron chi connectivity index (χ2n) is 8.54. The van der Waals surface area contributed by atoms with Crippen LogP contribution in [0.4, 0.5) is 5.69 Å². The molecule has 0 saturated carbocycles. The van der Waals surface area contributed by atoms with Gasteiger partial charge in [0.2, 0.25) is 0 Å². The topological polar surface area (TPSA) is 30.0 Å². The predicted molar refractivity (Wildman–Crippen MR) is 126 cm³/mol. The van der Waals surface area contributed by atoms with Crippen molar-refractivity contribution < 1.29 is 5.48 Å². The lowest BCUT2D eigenvalue weighted by Gasteiger charge is -2.38. The van der Waals surface area contributed by atoms with Crippen molar-refractivity contribution in [2.24, 2.45) is 0 Å². The van der Waals surface area contributed by atoms with E-state index in [0.717, 1.165) is 0 Å². The molecule has 0 heterocycles. The number of hydrogen-bond donors (Lipinski definition) is 0. The fraction of sp³-hybridized carbons (Fsp3) is 0.769. The minimum absolute atomic E-state index is 0. The highest BCUT2D eigenvalue weighted by atomic mass is 16.0. The molecule has 0 spiro atoms. The maximum absolute atomic E-state index is 2.35. The summed E-state index contributed by atoms with van der Waals surface area (Å²) in [5, 5.41) is 0. The molecule has 0 atom stereocenters. The summed E-state index contributed by atoms with van der Waals surface area (Å²) in [4.78, 5) is 0. The smallest absolute Gasteiger partial charge is 0.132 e. The average molecular weight is 392 g/mol. The fourth-order valence-electron chi connectivity index (χ4n) is 4.58. The molecular formula is C26H49NO. The predicted octanol–water partition coefficient (Wildman–Crippen LogP) is 8.34. The van der Waals surface area contributed by atoms with Crippen molar-refractivity contribution in [1.29, 1.82) is 0 Å². The zero-order valence-electron chi connectivity index (χ0n) is 19.3. The van der Waals surface area contributed by atoms with Gasteiger partial charge in [-0.05, 0) is 37.8 Å². The SMILES string of the molecule is CCCCCCCCCCCCCC[N+](CCC)(CCC)c1ccccc1.[OH-]. The lowest BCUT2D eigenvalue weighted by Crippen LogP contribution is -2.51. The molecular weight excluding hydrogens is 342 g/mol. The molecule has 0 aliphatic rings. The number of rotatable bonds is 18. The van der Waals surface area contributed by atoms with Crippen LogP contribution in [0.25, 0.3) is 0 Å². The van der Waals surface area contributed by atoms with E-state index in [1.165, 1.54) is 120 Å². The molecule has 1 aromatic carbocycles. The van der Waals surface area contributed by atoms with Gasteiger partial charge in [0.15, 0.2) is 0 Å². The fourth-order valence-corrected chi connectivity index (χ4v) is 4.58. The van der Waals surface area contributed by atoms with E-state index < -0.39 is 0 Å². The Morgan fingerprint density at radius 2 is 0.929 bits per heavy atom. The third-order valence-electron chi connectivity index (χ3n) is 6.05. The second kappa shape index (κ2) is 18.2. The van der Waals surface area contributed by atoms with E-state index in [0.29, 0.717) is 0 Å². The molecule has 0 bridgehead atoms. The summed E-state index contributed by atoms with van der Waals surface area (Å²) in [5.74, 6) is 0. The number of nitrogens with zero attached hydrogens (tertiary/aromatic N) is 1. The van der Waals surface area contributed by atoms with E-state index in [1.54, 1.807) is 0 Å². The monoisotopic (exact) mass is 391 g/mol. The standard InChI is InChI=1S/C26H48N.H2O/c1-4-7-8-9-10-11-12-13-14-15-16-20-25-27(23-5-2,24-6-3)26-21-18-17-19-22-26;/h17-19,21-22H,4-16,20,23-25H2,1-3H3;1H2/q+1;/p-1. The van der Waals surface area contributed by atoms with Crippen LogP contribution < -0.4 is 4.48 Å². The van der Waals surface area contributed by atoms with Gasteiger partial charge in [0, 0.05) is 0 Å². The molecule has 0 aliphatic heterocycles. The third-order valence-corrected chi connectivity index (χ3v) is 6.05. The van der Waals surface area contributed by atoms with Crippen molar-refractivity contribution >= 4 is 5.69 Å². The van der Waals surface area contributed by atoms with E-state index in [4.69, 9.17) is 0 Å². The molecule has 164 valence electrons. The van der Waals surface area contributed by atoms with Crippen molar-refractivity contribution in [3.05, 3.63) is 30.3 Å². The van der Waals surface area contributed by atoms with E-state index in [9.17, 15) is 0 Å². The minimum Gasteiger partial charge on any atom is -0.870 e. The summed E-state index contributed by atoms with van der Waals surface area (Å²) in [7, 11) is 0. The van der Waals surface area contributed by atoms with Crippen LogP contribution in [0.15, 0.2) is 30.3 Å². The molecule has 0 saturated heterocycles. The number of hydrogen-bond acceptors (Lipinski definition) is 1. The molecule has 28 heavy (non-hydrogen) atoms. The molecule has 0 aromatic heterocycles. The highest BCUT2D eigenvalue weighted by Gasteiger charge is 2.27. The average Bonchev–Trinajstić information content (AvgIpc) is 2.69. The van der Waals surface area contributed by atoms with Crippen LogP contribution in [-0.2, 0) is 0 Å². The van der Waals surface area contributed by atoms with Crippen LogP contribution in [0.1, 0.15) is 111 Å². The summed E-state index contributed by atoms with van der Waals surface area (Å²) >= 11 is 0. The molecule has 0 fully saturated rings. The Balaban J connectivity index is 0.00000729. The first-order chi connectivity index (χ1) is 13.3. The molecule has 0 aliphatic carbocycles. The molecule has 1 N–H and O–H groups in total. The number of quaternary nitrogens is 1. The van der Waals surface area contributed by atoms with Crippen LogP contribution in [0.5, 0.6) is 0 Å². The summed E-state index contributed by atoms with van der Waals surface area (Å²) < 4.78 is 1.20. The zero-order valence-corrected chi connectivity index (χ0v) is 19.3. The molecule has 1 aromatic rings. The highest BCUT2D eigenvalue weighted by molar-refractivity contribution is 5.42. The first-order valence-corrected chi connectivity index (χ1v) is 12.2. The van der Waals surface area contributed by atoms with Gasteiger partial charge in [0.05, 0.1) is 19.6 Å². The van der Waals surface area contributed by atoms with Gasteiger partial charge in [-0.1, -0.05) is 103 Å². The normalized spacial score (nSPS) is 11.4. The molecule has 1 rings (SSSR count). The first-order valence-electron chi connectivity index (χ1n) is 12.2. The Kier molecular flexibility index (Phi) is 17.6. The van der Waals surface area contributed by atoms with Crippen molar-refractivity contribution in [3.63, 3.8) is 0 Å². The molecule has 0 unspecified atom stereocenters. The van der Waals surface area contributed by atoms with Crippen LogP contribution >= 0.6 is 0 Å². The molecule has 0 radical (unpaired) electrons. The number of unbranched alkanes of at least 4 members (excludes halogenated alkanes) is 11. The molecule has 2 heteroatoms. The Morgan fingerprint density at radius 1 is 0.500 bits per heavy atom. The lowest BCUT2D eigenvalue weighted by atomic mass is 10.0. The maximum atomic E-state index is 2.35. The summed E-state index contributed by atoms with van der Waals surface area (Å²) in [6, 6.07) is 11.3. The van der Waals surface area contributed by atoms with Crippen molar-refractivity contribution in [3.8, 4) is 0 Å². The van der Waals surface area contributed by atoms with E-state index in [1.807, 2.05) is 0 Å².